The quantitative estimate of drug-likeness (QED) is 0.443. The van der Waals surface area contributed by atoms with Crippen LogP contribution >= 0.6 is 0 Å². The van der Waals surface area contributed by atoms with Crippen LogP contribution in [-0.4, -0.2) is 6.21 Å². The van der Waals surface area contributed by atoms with Gasteiger partial charge >= 0.3 is 0 Å². The molecule has 0 fully saturated rings. The number of rotatable bonds is 4. The van der Waals surface area contributed by atoms with Crippen LogP contribution in [0.15, 0.2) is 53.7 Å². The van der Waals surface area contributed by atoms with Crippen LogP contribution in [0.25, 0.3) is 0 Å². The molecule has 1 nitrogen and oxygen atoms in total. The van der Waals surface area contributed by atoms with E-state index >= 15 is 0 Å². The highest BCUT2D eigenvalue weighted by atomic mass is 14.7. The highest BCUT2D eigenvalue weighted by molar-refractivity contribution is 5.57. The van der Waals surface area contributed by atoms with Gasteiger partial charge in [0.15, 0.2) is 0 Å². The number of aliphatic imine (C=N–C) groups is 1. The zero-order chi connectivity index (χ0) is 9.40. The van der Waals surface area contributed by atoms with E-state index in [0.717, 1.165) is 11.3 Å². The topological polar surface area (TPSA) is 12.4 Å². The average Bonchev–Trinajstić information content (AvgIpc) is 2.10. The zero-order valence-electron chi connectivity index (χ0n) is 7.75. The summed E-state index contributed by atoms with van der Waals surface area (Å²) < 4.78 is 0. The molecule has 12 heavy (non-hydrogen) atoms. The fourth-order valence-corrected chi connectivity index (χ4v) is 0.752. The third kappa shape index (κ3) is 3.71. The lowest BCUT2D eigenvalue weighted by molar-refractivity contribution is 1.32. The largest absolute Gasteiger partial charge is 0.261 e. The monoisotopic (exact) mass is 161 g/mol. The van der Waals surface area contributed by atoms with Crippen LogP contribution in [0, 0.1) is 0 Å². The molecule has 0 unspecified atom stereocenters. The maximum atomic E-state index is 4.15. The molecule has 0 aliphatic heterocycles. The first kappa shape index (κ1) is 10.6. The third-order valence-corrected chi connectivity index (χ3v) is 1.35. The van der Waals surface area contributed by atoms with Crippen molar-refractivity contribution >= 4 is 6.21 Å². The SMILES string of the molecule is C=C/C=C\C(C)=C(/C=C)N=CC. The molecule has 64 valence electrons. The van der Waals surface area contributed by atoms with Gasteiger partial charge in [0, 0.05) is 6.21 Å². The van der Waals surface area contributed by atoms with Gasteiger partial charge in [-0.05, 0) is 25.5 Å². The first-order valence-corrected chi connectivity index (χ1v) is 3.87. The molecule has 1 heteroatoms. The Kier molecular flexibility index (Phi) is 5.62. The van der Waals surface area contributed by atoms with Crippen LogP contribution < -0.4 is 0 Å². The highest BCUT2D eigenvalue weighted by Crippen LogP contribution is 2.07. The van der Waals surface area contributed by atoms with E-state index in [9.17, 15) is 0 Å². The van der Waals surface area contributed by atoms with Crippen molar-refractivity contribution in [1.82, 2.24) is 0 Å². The predicted molar refractivity (Wildman–Crippen MR) is 56.4 cm³/mol. The van der Waals surface area contributed by atoms with Gasteiger partial charge in [-0.15, -0.1) is 0 Å². The lowest BCUT2D eigenvalue weighted by Gasteiger charge is -1.95. The summed E-state index contributed by atoms with van der Waals surface area (Å²) in [5, 5.41) is 0. The van der Waals surface area contributed by atoms with Gasteiger partial charge in [-0.3, -0.25) is 4.99 Å². The molecular formula is C11H15N. The Balaban J connectivity index is 4.70. The molecule has 0 atom stereocenters. The Morgan fingerprint density at radius 3 is 2.42 bits per heavy atom. The van der Waals surface area contributed by atoms with Gasteiger partial charge < -0.3 is 0 Å². The Labute approximate surface area is 74.5 Å². The second kappa shape index (κ2) is 6.35. The smallest absolute Gasteiger partial charge is 0.0648 e. The molecule has 0 radical (unpaired) electrons. The second-order valence-electron chi connectivity index (χ2n) is 2.25. The summed E-state index contributed by atoms with van der Waals surface area (Å²) >= 11 is 0. The van der Waals surface area contributed by atoms with Crippen molar-refractivity contribution in [3.63, 3.8) is 0 Å². The van der Waals surface area contributed by atoms with E-state index in [1.807, 2.05) is 26.0 Å². The lowest BCUT2D eigenvalue weighted by atomic mass is 10.2. The van der Waals surface area contributed by atoms with Gasteiger partial charge in [0.2, 0.25) is 0 Å². The van der Waals surface area contributed by atoms with Crippen molar-refractivity contribution in [2.24, 2.45) is 4.99 Å². The van der Waals surface area contributed by atoms with E-state index in [4.69, 9.17) is 0 Å². The Morgan fingerprint density at radius 1 is 1.33 bits per heavy atom. The molecule has 0 aromatic rings. The van der Waals surface area contributed by atoms with E-state index in [1.54, 1.807) is 18.4 Å². The fraction of sp³-hybridized carbons (Fsp3) is 0.182. The highest BCUT2D eigenvalue weighted by Gasteiger charge is 1.89. The molecule has 0 aliphatic carbocycles. The summed E-state index contributed by atoms with van der Waals surface area (Å²) in [6, 6.07) is 0. The predicted octanol–water partition coefficient (Wildman–Crippen LogP) is 3.28. The Hall–Kier alpha value is -1.37. The minimum Gasteiger partial charge on any atom is -0.261 e. The summed E-state index contributed by atoms with van der Waals surface area (Å²) in [7, 11) is 0. The fourth-order valence-electron chi connectivity index (χ4n) is 0.752. The van der Waals surface area contributed by atoms with Gasteiger partial charge in [-0.1, -0.05) is 31.4 Å². The van der Waals surface area contributed by atoms with Crippen LogP contribution in [0.2, 0.25) is 0 Å². The summed E-state index contributed by atoms with van der Waals surface area (Å²) in [6.07, 6.45) is 9.06. The van der Waals surface area contributed by atoms with Crippen molar-refractivity contribution < 1.29 is 0 Å². The van der Waals surface area contributed by atoms with E-state index < -0.39 is 0 Å². The molecule has 0 heterocycles. The molecular weight excluding hydrogens is 146 g/mol. The minimum atomic E-state index is 0.899. The maximum absolute atomic E-state index is 4.15. The summed E-state index contributed by atoms with van der Waals surface area (Å²) in [6.45, 7) is 11.1. The molecule has 0 saturated carbocycles. The average molecular weight is 161 g/mol. The number of allylic oxidation sites excluding steroid dienone is 5. The number of hydrogen-bond acceptors (Lipinski definition) is 1. The first-order chi connectivity index (χ1) is 5.76. The number of hydrogen-bond donors (Lipinski definition) is 0. The maximum Gasteiger partial charge on any atom is 0.0648 e. The van der Waals surface area contributed by atoms with Gasteiger partial charge in [0.1, 0.15) is 0 Å². The third-order valence-electron chi connectivity index (χ3n) is 1.35. The van der Waals surface area contributed by atoms with Crippen LogP contribution in [-0.2, 0) is 0 Å². The van der Waals surface area contributed by atoms with Crippen LogP contribution in [0.5, 0.6) is 0 Å². The van der Waals surface area contributed by atoms with E-state index in [0.29, 0.717) is 0 Å². The summed E-state index contributed by atoms with van der Waals surface area (Å²) in [5.41, 5.74) is 1.98. The van der Waals surface area contributed by atoms with E-state index in [2.05, 4.69) is 18.2 Å². The van der Waals surface area contributed by atoms with Crippen molar-refractivity contribution in [2.75, 3.05) is 0 Å². The second-order valence-corrected chi connectivity index (χ2v) is 2.25. The molecule has 0 spiro atoms. The standard InChI is InChI=1S/C11H15N/c1-5-8-9-10(4)11(6-2)12-7-3/h5-9H,1-2H2,3-4H3/b9-8-,11-10+,12-7?. The first-order valence-electron chi connectivity index (χ1n) is 3.87. The minimum absolute atomic E-state index is 0.899. The normalized spacial score (nSPS) is 13.5. The molecule has 0 aliphatic rings. The van der Waals surface area contributed by atoms with Gasteiger partial charge in [0.25, 0.3) is 0 Å². The van der Waals surface area contributed by atoms with Crippen LogP contribution in [0.4, 0.5) is 0 Å². The summed E-state index contributed by atoms with van der Waals surface area (Å²) in [5.74, 6) is 0. The summed E-state index contributed by atoms with van der Waals surface area (Å²) in [4.78, 5) is 4.15. The molecule has 0 bridgehead atoms. The molecule has 0 N–H and O–H groups in total. The molecule has 0 aromatic heterocycles. The van der Waals surface area contributed by atoms with E-state index in [-0.39, 0.29) is 0 Å². The van der Waals surface area contributed by atoms with Crippen LogP contribution in [0.3, 0.4) is 0 Å². The molecule has 0 rings (SSSR count). The van der Waals surface area contributed by atoms with Gasteiger partial charge in [-0.25, -0.2) is 0 Å². The Bertz CT molecular complexity index is 242. The Morgan fingerprint density at radius 2 is 2.00 bits per heavy atom. The molecule has 0 amide bonds. The van der Waals surface area contributed by atoms with Crippen LogP contribution in [0.1, 0.15) is 13.8 Å². The van der Waals surface area contributed by atoms with Crippen molar-refractivity contribution in [1.29, 1.82) is 0 Å². The van der Waals surface area contributed by atoms with Crippen molar-refractivity contribution in [2.45, 2.75) is 13.8 Å². The van der Waals surface area contributed by atoms with Gasteiger partial charge in [0.05, 0.1) is 5.70 Å². The number of nitrogens with zero attached hydrogens (tertiary/aromatic N) is 1. The zero-order valence-corrected chi connectivity index (χ0v) is 7.75. The lowest BCUT2D eigenvalue weighted by Crippen LogP contribution is -1.78. The van der Waals surface area contributed by atoms with E-state index in [1.165, 1.54) is 0 Å². The van der Waals surface area contributed by atoms with Crippen molar-refractivity contribution in [3.8, 4) is 0 Å². The molecule has 0 saturated heterocycles. The van der Waals surface area contributed by atoms with Gasteiger partial charge in [-0.2, -0.15) is 0 Å². The van der Waals surface area contributed by atoms with Crippen molar-refractivity contribution in [3.05, 3.63) is 48.7 Å². The molecule has 0 aromatic carbocycles.